The molecular formula is C13H28O2. The summed E-state index contributed by atoms with van der Waals surface area (Å²) in [5.74, 6) is 0. The molecule has 0 aromatic heterocycles. The van der Waals surface area contributed by atoms with E-state index in [-0.39, 0.29) is 0 Å². The Morgan fingerprint density at radius 2 is 1.47 bits per heavy atom. The minimum Gasteiger partial charge on any atom is -0.387 e. The van der Waals surface area contributed by atoms with E-state index >= 15 is 0 Å². The maximum atomic E-state index is 9.86. The Labute approximate surface area is 95.0 Å². The highest BCUT2D eigenvalue weighted by Crippen LogP contribution is 2.25. The number of aliphatic hydroxyl groups is 1. The molecule has 0 aliphatic rings. The highest BCUT2D eigenvalue weighted by Gasteiger charge is 2.35. The van der Waals surface area contributed by atoms with Gasteiger partial charge in [0, 0.05) is 6.61 Å². The van der Waals surface area contributed by atoms with Gasteiger partial charge < -0.3 is 9.84 Å². The largest absolute Gasteiger partial charge is 0.387 e. The van der Waals surface area contributed by atoms with Gasteiger partial charge in [0.2, 0.25) is 0 Å². The molecule has 0 aliphatic heterocycles. The summed E-state index contributed by atoms with van der Waals surface area (Å²) >= 11 is 0. The van der Waals surface area contributed by atoms with Gasteiger partial charge in [0.25, 0.3) is 0 Å². The maximum absolute atomic E-state index is 9.86. The summed E-state index contributed by atoms with van der Waals surface area (Å²) in [6, 6.07) is 0. The van der Waals surface area contributed by atoms with Gasteiger partial charge in [-0.3, -0.25) is 0 Å². The molecule has 92 valence electrons. The predicted octanol–water partition coefficient (Wildman–Crippen LogP) is 3.52. The molecule has 0 aromatic carbocycles. The zero-order valence-corrected chi connectivity index (χ0v) is 11.1. The molecule has 15 heavy (non-hydrogen) atoms. The van der Waals surface area contributed by atoms with Crippen LogP contribution in [0.5, 0.6) is 0 Å². The second-order valence-electron chi connectivity index (χ2n) is 5.33. The highest BCUT2D eigenvalue weighted by atomic mass is 16.5. The van der Waals surface area contributed by atoms with E-state index in [1.165, 1.54) is 25.7 Å². The van der Waals surface area contributed by atoms with E-state index in [2.05, 4.69) is 6.92 Å². The molecule has 0 saturated carbocycles. The van der Waals surface area contributed by atoms with E-state index in [0.29, 0.717) is 0 Å². The summed E-state index contributed by atoms with van der Waals surface area (Å²) in [5.41, 5.74) is -1.24. The van der Waals surface area contributed by atoms with E-state index in [1.54, 1.807) is 13.8 Å². The van der Waals surface area contributed by atoms with Crippen molar-refractivity contribution in [1.29, 1.82) is 0 Å². The van der Waals surface area contributed by atoms with Crippen LogP contribution in [0.1, 0.15) is 66.7 Å². The Morgan fingerprint density at radius 3 is 1.93 bits per heavy atom. The lowest BCUT2D eigenvalue weighted by molar-refractivity contribution is -0.147. The van der Waals surface area contributed by atoms with E-state index < -0.39 is 11.2 Å². The van der Waals surface area contributed by atoms with Crippen molar-refractivity contribution >= 4 is 0 Å². The molecule has 1 N–H and O–H groups in total. The molecule has 0 rings (SSSR count). The molecular weight excluding hydrogens is 188 g/mol. The quantitative estimate of drug-likeness (QED) is 0.629. The van der Waals surface area contributed by atoms with Crippen LogP contribution in [0.25, 0.3) is 0 Å². The molecule has 0 aromatic rings. The molecule has 2 nitrogen and oxygen atoms in total. The van der Waals surface area contributed by atoms with Gasteiger partial charge in [0.1, 0.15) is 0 Å². The highest BCUT2D eigenvalue weighted by molar-refractivity contribution is 4.87. The third-order valence-electron chi connectivity index (χ3n) is 3.18. The smallest absolute Gasteiger partial charge is 0.0906 e. The van der Waals surface area contributed by atoms with Gasteiger partial charge in [-0.1, -0.05) is 32.6 Å². The second-order valence-corrected chi connectivity index (χ2v) is 5.33. The number of rotatable bonds is 8. The van der Waals surface area contributed by atoms with Crippen LogP contribution in [-0.2, 0) is 4.74 Å². The van der Waals surface area contributed by atoms with Gasteiger partial charge in [0.15, 0.2) is 0 Å². The molecule has 0 unspecified atom stereocenters. The standard InChI is InChI=1S/C13H28O2/c1-6-7-8-9-10-11-15-13(4,5)12(2,3)14/h14H,6-11H2,1-5H3. The zero-order chi connectivity index (χ0) is 11.9. The molecule has 0 aliphatic carbocycles. The zero-order valence-electron chi connectivity index (χ0n) is 11.1. The first kappa shape index (κ1) is 14.9. The normalized spacial score (nSPS) is 13.2. The fourth-order valence-corrected chi connectivity index (χ4v) is 1.21. The summed E-state index contributed by atoms with van der Waals surface area (Å²) in [6.07, 6.45) is 6.21. The van der Waals surface area contributed by atoms with Gasteiger partial charge in [-0.25, -0.2) is 0 Å². The predicted molar refractivity (Wildman–Crippen MR) is 65.1 cm³/mol. The summed E-state index contributed by atoms with van der Waals surface area (Å²) in [4.78, 5) is 0. The monoisotopic (exact) mass is 216 g/mol. The van der Waals surface area contributed by atoms with Gasteiger partial charge in [-0.15, -0.1) is 0 Å². The molecule has 0 amide bonds. The molecule has 0 spiro atoms. The van der Waals surface area contributed by atoms with Crippen molar-refractivity contribution in [1.82, 2.24) is 0 Å². The summed E-state index contributed by atoms with van der Waals surface area (Å²) in [5, 5.41) is 9.86. The number of hydrogen-bond donors (Lipinski definition) is 1. The first-order valence-corrected chi connectivity index (χ1v) is 6.17. The third-order valence-corrected chi connectivity index (χ3v) is 3.18. The fraction of sp³-hybridized carbons (Fsp3) is 1.00. The van der Waals surface area contributed by atoms with Crippen molar-refractivity contribution in [2.75, 3.05) is 6.61 Å². The van der Waals surface area contributed by atoms with Crippen LogP contribution in [0.15, 0.2) is 0 Å². The molecule has 0 saturated heterocycles. The van der Waals surface area contributed by atoms with Crippen LogP contribution in [0, 0.1) is 0 Å². The van der Waals surface area contributed by atoms with Crippen LogP contribution in [0.2, 0.25) is 0 Å². The molecule has 2 heteroatoms. The first-order chi connectivity index (χ1) is 6.81. The third kappa shape index (κ3) is 6.16. The van der Waals surface area contributed by atoms with Crippen molar-refractivity contribution < 1.29 is 9.84 Å². The van der Waals surface area contributed by atoms with Crippen LogP contribution < -0.4 is 0 Å². The number of unbranched alkanes of at least 4 members (excludes halogenated alkanes) is 4. The van der Waals surface area contributed by atoms with Crippen molar-refractivity contribution in [2.24, 2.45) is 0 Å². The van der Waals surface area contributed by atoms with Crippen molar-refractivity contribution in [3.05, 3.63) is 0 Å². The molecule has 0 radical (unpaired) electrons. The SMILES string of the molecule is CCCCCCCOC(C)(C)C(C)(C)O. The van der Waals surface area contributed by atoms with Gasteiger partial charge in [-0.05, 0) is 34.1 Å². The molecule has 0 heterocycles. The lowest BCUT2D eigenvalue weighted by atomic mass is 9.89. The average Bonchev–Trinajstić information content (AvgIpc) is 2.09. The Balaban J connectivity index is 3.58. The second kappa shape index (κ2) is 6.49. The van der Waals surface area contributed by atoms with Gasteiger partial charge in [0.05, 0.1) is 11.2 Å². The Kier molecular flexibility index (Phi) is 6.46. The van der Waals surface area contributed by atoms with E-state index in [9.17, 15) is 5.11 Å². The van der Waals surface area contributed by atoms with Crippen LogP contribution in [0.4, 0.5) is 0 Å². The average molecular weight is 216 g/mol. The first-order valence-electron chi connectivity index (χ1n) is 6.17. The van der Waals surface area contributed by atoms with Crippen LogP contribution in [0.3, 0.4) is 0 Å². The minimum absolute atomic E-state index is 0.461. The van der Waals surface area contributed by atoms with E-state index in [4.69, 9.17) is 4.74 Å². The van der Waals surface area contributed by atoms with Crippen molar-refractivity contribution in [2.45, 2.75) is 77.9 Å². The molecule has 0 bridgehead atoms. The number of hydrogen-bond acceptors (Lipinski definition) is 2. The lowest BCUT2D eigenvalue weighted by Gasteiger charge is -2.37. The fourth-order valence-electron chi connectivity index (χ4n) is 1.21. The van der Waals surface area contributed by atoms with Gasteiger partial charge in [-0.2, -0.15) is 0 Å². The summed E-state index contributed by atoms with van der Waals surface area (Å²) in [6.45, 7) is 10.4. The lowest BCUT2D eigenvalue weighted by Crippen LogP contribution is -2.47. The Hall–Kier alpha value is -0.0800. The van der Waals surface area contributed by atoms with Crippen molar-refractivity contribution in [3.63, 3.8) is 0 Å². The topological polar surface area (TPSA) is 29.5 Å². The minimum atomic E-state index is -0.781. The Morgan fingerprint density at radius 1 is 0.933 bits per heavy atom. The number of ether oxygens (including phenoxy) is 1. The molecule has 0 atom stereocenters. The van der Waals surface area contributed by atoms with Crippen LogP contribution in [-0.4, -0.2) is 22.9 Å². The van der Waals surface area contributed by atoms with E-state index in [0.717, 1.165) is 13.0 Å². The maximum Gasteiger partial charge on any atom is 0.0906 e. The summed E-state index contributed by atoms with van der Waals surface area (Å²) < 4.78 is 5.72. The van der Waals surface area contributed by atoms with Crippen LogP contribution >= 0.6 is 0 Å². The van der Waals surface area contributed by atoms with Gasteiger partial charge >= 0.3 is 0 Å². The van der Waals surface area contributed by atoms with Crippen molar-refractivity contribution in [3.8, 4) is 0 Å². The Bertz CT molecular complexity index is 156. The molecule has 0 fully saturated rings. The van der Waals surface area contributed by atoms with E-state index in [1.807, 2.05) is 13.8 Å². The summed E-state index contributed by atoms with van der Waals surface area (Å²) in [7, 11) is 0.